The third kappa shape index (κ3) is 2.24. The second-order valence-corrected chi connectivity index (χ2v) is 3.01. The van der Waals surface area contributed by atoms with E-state index in [1.54, 1.807) is 0 Å². The van der Waals surface area contributed by atoms with E-state index >= 15 is 0 Å². The molecule has 0 aliphatic rings. The zero-order valence-electron chi connectivity index (χ0n) is 8.00. The second kappa shape index (κ2) is 4.90. The van der Waals surface area contributed by atoms with E-state index in [2.05, 4.69) is 42.3 Å². The first-order valence-corrected chi connectivity index (χ1v) is 4.92. The smallest absolute Gasteiger partial charge is 0.0774 e. The molecule has 0 aromatic heterocycles. The number of rotatable bonds is 3. The predicted octanol–water partition coefficient (Wildman–Crippen LogP) is 3.55. The van der Waals surface area contributed by atoms with E-state index in [0.29, 0.717) is 0 Å². The van der Waals surface area contributed by atoms with Gasteiger partial charge in [0, 0.05) is 0 Å². The molecule has 0 aliphatic heterocycles. The number of aryl methyl sites for hydroxylation is 1. The summed E-state index contributed by atoms with van der Waals surface area (Å²) in [6.45, 7) is 4.29. The monoisotopic (exact) mass is 191 g/mol. The Hall–Kier alpha value is -0.980. The van der Waals surface area contributed by atoms with Gasteiger partial charge in [0.15, 0.2) is 0 Å². The molecule has 0 saturated heterocycles. The highest BCUT2D eigenvalue weighted by atomic mass is 32.1. The van der Waals surface area contributed by atoms with Gasteiger partial charge in [0.2, 0.25) is 0 Å². The Morgan fingerprint density at radius 1 is 1.31 bits per heavy atom. The zero-order chi connectivity index (χ0) is 9.68. The normalized spacial score (nSPS) is 9.38. The van der Waals surface area contributed by atoms with E-state index in [4.69, 9.17) is 0 Å². The minimum absolute atomic E-state index is 0.969. The highest BCUT2D eigenvalue weighted by molar-refractivity contribution is 7.78. The Bertz CT molecular complexity index is 338. The maximum atomic E-state index is 4.60. The van der Waals surface area contributed by atoms with Crippen molar-refractivity contribution in [2.24, 2.45) is 4.99 Å². The van der Waals surface area contributed by atoms with Crippen molar-refractivity contribution in [2.45, 2.75) is 26.7 Å². The van der Waals surface area contributed by atoms with Gasteiger partial charge in [0.05, 0.1) is 10.8 Å². The number of thiocarbonyl (C=S) groups is 1. The molecule has 1 aromatic rings. The number of benzene rings is 1. The van der Waals surface area contributed by atoms with Gasteiger partial charge >= 0.3 is 0 Å². The molecule has 13 heavy (non-hydrogen) atoms. The lowest BCUT2D eigenvalue weighted by molar-refractivity contribution is 1.04. The lowest BCUT2D eigenvalue weighted by atomic mass is 10.0. The van der Waals surface area contributed by atoms with Crippen LogP contribution < -0.4 is 0 Å². The van der Waals surface area contributed by atoms with Crippen molar-refractivity contribution in [3.63, 3.8) is 0 Å². The average molecular weight is 191 g/mol. The standard InChI is InChI=1S/C11H13NS/c1-3-9-6-5-7-11(12-8-13)10(9)4-2/h5-7H,3-4H2,1-2H3. The molecule has 1 rings (SSSR count). The van der Waals surface area contributed by atoms with Gasteiger partial charge in [0.1, 0.15) is 0 Å². The Morgan fingerprint density at radius 3 is 2.62 bits per heavy atom. The van der Waals surface area contributed by atoms with Gasteiger partial charge < -0.3 is 0 Å². The van der Waals surface area contributed by atoms with Crippen LogP contribution in [-0.2, 0) is 12.8 Å². The van der Waals surface area contributed by atoms with Crippen LogP contribution in [0.1, 0.15) is 25.0 Å². The van der Waals surface area contributed by atoms with E-state index in [0.717, 1.165) is 18.5 Å². The molecule has 0 heterocycles. The van der Waals surface area contributed by atoms with Crippen molar-refractivity contribution in [3.05, 3.63) is 29.3 Å². The van der Waals surface area contributed by atoms with Gasteiger partial charge in [-0.2, -0.15) is 4.99 Å². The topological polar surface area (TPSA) is 12.4 Å². The third-order valence-corrected chi connectivity index (χ3v) is 2.24. The van der Waals surface area contributed by atoms with Crippen LogP contribution in [0.15, 0.2) is 23.2 Å². The van der Waals surface area contributed by atoms with E-state index in [-0.39, 0.29) is 0 Å². The van der Waals surface area contributed by atoms with Gasteiger partial charge in [-0.3, -0.25) is 0 Å². The Kier molecular flexibility index (Phi) is 3.81. The predicted molar refractivity (Wildman–Crippen MR) is 59.9 cm³/mol. The summed E-state index contributed by atoms with van der Waals surface area (Å²) in [6.07, 6.45) is 2.05. The van der Waals surface area contributed by atoms with Gasteiger partial charge in [-0.15, -0.1) is 0 Å². The minimum atomic E-state index is 0.969. The highest BCUT2D eigenvalue weighted by Gasteiger charge is 2.03. The first-order valence-electron chi connectivity index (χ1n) is 4.52. The molecular formula is C11H13NS. The molecule has 0 aliphatic carbocycles. The summed E-state index contributed by atoms with van der Waals surface area (Å²) >= 11 is 4.60. The van der Waals surface area contributed by atoms with Crippen LogP contribution in [-0.4, -0.2) is 5.16 Å². The number of hydrogen-bond acceptors (Lipinski definition) is 2. The lowest BCUT2D eigenvalue weighted by Crippen LogP contribution is -1.90. The van der Waals surface area contributed by atoms with E-state index in [9.17, 15) is 0 Å². The maximum Gasteiger partial charge on any atom is 0.0774 e. The molecule has 0 unspecified atom stereocenters. The first-order chi connectivity index (χ1) is 6.33. The van der Waals surface area contributed by atoms with Gasteiger partial charge in [0.25, 0.3) is 0 Å². The fraction of sp³-hybridized carbons (Fsp3) is 0.364. The van der Waals surface area contributed by atoms with Gasteiger partial charge in [-0.1, -0.05) is 26.0 Å². The van der Waals surface area contributed by atoms with Crippen LogP contribution in [0.4, 0.5) is 5.69 Å². The van der Waals surface area contributed by atoms with Gasteiger partial charge in [-0.25, -0.2) is 0 Å². The van der Waals surface area contributed by atoms with Crippen molar-refractivity contribution in [2.75, 3.05) is 0 Å². The van der Waals surface area contributed by atoms with Crippen LogP contribution in [0.3, 0.4) is 0 Å². The van der Waals surface area contributed by atoms with Crippen LogP contribution >= 0.6 is 12.2 Å². The molecule has 0 fully saturated rings. The van der Waals surface area contributed by atoms with Crippen molar-refractivity contribution in [1.82, 2.24) is 0 Å². The Labute approximate surface area is 84.5 Å². The summed E-state index contributed by atoms with van der Waals surface area (Å²) in [7, 11) is 0. The number of isothiocyanates is 1. The number of aliphatic imine (C=N–C) groups is 1. The summed E-state index contributed by atoms with van der Waals surface area (Å²) in [5.74, 6) is 0. The van der Waals surface area contributed by atoms with Crippen LogP contribution in [0.5, 0.6) is 0 Å². The van der Waals surface area contributed by atoms with Crippen molar-refractivity contribution in [3.8, 4) is 0 Å². The molecule has 1 aromatic carbocycles. The van der Waals surface area contributed by atoms with Crippen molar-refractivity contribution in [1.29, 1.82) is 0 Å². The molecule has 0 radical (unpaired) electrons. The van der Waals surface area contributed by atoms with Crippen LogP contribution in [0.25, 0.3) is 0 Å². The fourth-order valence-corrected chi connectivity index (χ4v) is 1.61. The molecule has 0 bridgehead atoms. The Morgan fingerprint density at radius 2 is 2.08 bits per heavy atom. The summed E-state index contributed by atoms with van der Waals surface area (Å²) in [5, 5.41) is 2.42. The summed E-state index contributed by atoms with van der Waals surface area (Å²) < 4.78 is 0. The molecule has 0 atom stereocenters. The third-order valence-electron chi connectivity index (χ3n) is 2.15. The minimum Gasteiger partial charge on any atom is -0.194 e. The molecule has 0 spiro atoms. The van der Waals surface area contributed by atoms with Gasteiger partial charge in [-0.05, 0) is 42.3 Å². The van der Waals surface area contributed by atoms with Crippen molar-refractivity contribution >= 4 is 23.1 Å². The van der Waals surface area contributed by atoms with E-state index in [1.165, 1.54) is 11.1 Å². The van der Waals surface area contributed by atoms with Crippen LogP contribution in [0.2, 0.25) is 0 Å². The maximum absolute atomic E-state index is 4.60. The molecule has 0 amide bonds. The SMILES string of the molecule is CCc1cccc(N=C=S)c1CC. The van der Waals surface area contributed by atoms with E-state index in [1.807, 2.05) is 12.1 Å². The summed E-state index contributed by atoms with van der Waals surface area (Å²) in [4.78, 5) is 4.05. The van der Waals surface area contributed by atoms with E-state index < -0.39 is 0 Å². The average Bonchev–Trinajstić information content (AvgIpc) is 2.18. The first kappa shape index (κ1) is 10.1. The van der Waals surface area contributed by atoms with Crippen molar-refractivity contribution < 1.29 is 0 Å². The summed E-state index contributed by atoms with van der Waals surface area (Å²) in [5.41, 5.74) is 3.62. The largest absolute Gasteiger partial charge is 0.194 e. The Balaban J connectivity index is 3.26. The number of nitrogens with zero attached hydrogens (tertiary/aromatic N) is 1. The highest BCUT2D eigenvalue weighted by Crippen LogP contribution is 2.23. The molecular weight excluding hydrogens is 178 g/mol. The fourth-order valence-electron chi connectivity index (χ4n) is 1.51. The number of hydrogen-bond donors (Lipinski definition) is 0. The molecule has 0 N–H and O–H groups in total. The van der Waals surface area contributed by atoms with Crippen LogP contribution in [0, 0.1) is 0 Å². The molecule has 1 nitrogen and oxygen atoms in total. The second-order valence-electron chi connectivity index (χ2n) is 2.83. The molecule has 2 heteroatoms. The molecule has 68 valence electrons. The summed E-state index contributed by atoms with van der Waals surface area (Å²) in [6, 6.07) is 6.14. The molecule has 0 saturated carbocycles. The quantitative estimate of drug-likeness (QED) is 0.526. The zero-order valence-corrected chi connectivity index (χ0v) is 8.82. The lowest BCUT2D eigenvalue weighted by Gasteiger charge is -2.07.